The highest BCUT2D eigenvalue weighted by molar-refractivity contribution is 5.99. The Morgan fingerprint density at radius 1 is 1.35 bits per heavy atom. The van der Waals surface area contributed by atoms with Gasteiger partial charge in [0.15, 0.2) is 0 Å². The van der Waals surface area contributed by atoms with Crippen molar-refractivity contribution in [3.05, 3.63) is 41.0 Å². The number of primary amides is 1. The normalized spacial score (nSPS) is 11.1. The van der Waals surface area contributed by atoms with E-state index in [-0.39, 0.29) is 0 Å². The van der Waals surface area contributed by atoms with Gasteiger partial charge in [-0.3, -0.25) is 4.79 Å². The van der Waals surface area contributed by atoms with Crippen LogP contribution in [-0.2, 0) is 9.53 Å². The quantitative estimate of drug-likeness (QED) is 0.636. The van der Waals surface area contributed by atoms with Crippen LogP contribution < -0.4 is 5.73 Å². The van der Waals surface area contributed by atoms with Crippen LogP contribution in [0.2, 0.25) is 0 Å². The first kappa shape index (κ1) is 13.0. The third-order valence-corrected chi connectivity index (χ3v) is 2.22. The maximum atomic E-state index is 11.6. The van der Waals surface area contributed by atoms with Gasteiger partial charge in [0.25, 0.3) is 0 Å². The minimum Gasteiger partial charge on any atom is -0.462 e. The SMILES string of the molecule is CCOC(=O)c1ccccc1C=C(C)C(N)=O. The highest BCUT2D eigenvalue weighted by atomic mass is 16.5. The number of carbonyl (C=O) groups excluding carboxylic acids is 2. The molecule has 0 radical (unpaired) electrons. The lowest BCUT2D eigenvalue weighted by Gasteiger charge is -2.05. The molecule has 0 aliphatic rings. The van der Waals surface area contributed by atoms with Crippen molar-refractivity contribution in [2.24, 2.45) is 5.73 Å². The molecule has 0 saturated carbocycles. The van der Waals surface area contributed by atoms with Gasteiger partial charge in [-0.2, -0.15) is 0 Å². The molecule has 0 atom stereocenters. The van der Waals surface area contributed by atoms with Gasteiger partial charge >= 0.3 is 5.97 Å². The van der Waals surface area contributed by atoms with Crippen molar-refractivity contribution in [3.63, 3.8) is 0 Å². The van der Waals surface area contributed by atoms with Crippen LogP contribution >= 0.6 is 0 Å². The van der Waals surface area contributed by atoms with E-state index in [9.17, 15) is 9.59 Å². The van der Waals surface area contributed by atoms with Crippen LogP contribution in [0.3, 0.4) is 0 Å². The van der Waals surface area contributed by atoms with E-state index in [2.05, 4.69) is 0 Å². The van der Waals surface area contributed by atoms with Crippen molar-refractivity contribution in [1.29, 1.82) is 0 Å². The second kappa shape index (κ2) is 5.84. The number of carbonyl (C=O) groups is 2. The smallest absolute Gasteiger partial charge is 0.338 e. The van der Waals surface area contributed by atoms with Gasteiger partial charge in [0.1, 0.15) is 0 Å². The summed E-state index contributed by atoms with van der Waals surface area (Å²) in [6.45, 7) is 3.65. The van der Waals surface area contributed by atoms with Crippen molar-refractivity contribution < 1.29 is 14.3 Å². The molecule has 1 amide bonds. The van der Waals surface area contributed by atoms with E-state index >= 15 is 0 Å². The Morgan fingerprint density at radius 2 is 2.00 bits per heavy atom. The van der Waals surface area contributed by atoms with Crippen LogP contribution in [0.25, 0.3) is 6.08 Å². The average molecular weight is 233 g/mol. The monoisotopic (exact) mass is 233 g/mol. The fourth-order valence-corrected chi connectivity index (χ4v) is 1.32. The van der Waals surface area contributed by atoms with Gasteiger partial charge in [-0.1, -0.05) is 18.2 Å². The summed E-state index contributed by atoms with van der Waals surface area (Å²) in [5, 5.41) is 0. The Morgan fingerprint density at radius 3 is 2.59 bits per heavy atom. The van der Waals surface area contributed by atoms with E-state index < -0.39 is 11.9 Å². The number of ether oxygens (including phenoxy) is 1. The van der Waals surface area contributed by atoms with Gasteiger partial charge in [-0.05, 0) is 31.6 Å². The van der Waals surface area contributed by atoms with Crippen molar-refractivity contribution in [2.45, 2.75) is 13.8 Å². The molecular weight excluding hydrogens is 218 g/mol. The third-order valence-electron chi connectivity index (χ3n) is 2.22. The van der Waals surface area contributed by atoms with Gasteiger partial charge < -0.3 is 10.5 Å². The summed E-state index contributed by atoms with van der Waals surface area (Å²) in [7, 11) is 0. The maximum Gasteiger partial charge on any atom is 0.338 e. The van der Waals surface area contributed by atoms with Crippen molar-refractivity contribution in [2.75, 3.05) is 6.61 Å². The molecule has 1 aromatic rings. The summed E-state index contributed by atoms with van der Waals surface area (Å²) in [6.07, 6.45) is 1.58. The molecule has 17 heavy (non-hydrogen) atoms. The van der Waals surface area contributed by atoms with Crippen LogP contribution in [0.4, 0.5) is 0 Å². The fourth-order valence-electron chi connectivity index (χ4n) is 1.32. The zero-order chi connectivity index (χ0) is 12.8. The lowest BCUT2D eigenvalue weighted by atomic mass is 10.0. The molecule has 0 aliphatic heterocycles. The largest absolute Gasteiger partial charge is 0.462 e. The summed E-state index contributed by atoms with van der Waals surface area (Å²) in [5.41, 5.74) is 6.59. The molecule has 1 aromatic carbocycles. The zero-order valence-corrected chi connectivity index (χ0v) is 9.90. The molecule has 0 aliphatic carbocycles. The van der Waals surface area contributed by atoms with E-state index in [0.29, 0.717) is 23.3 Å². The van der Waals surface area contributed by atoms with Crippen molar-refractivity contribution in [3.8, 4) is 0 Å². The molecule has 4 heteroatoms. The molecule has 0 bridgehead atoms. The van der Waals surface area contributed by atoms with E-state index in [1.165, 1.54) is 0 Å². The predicted molar refractivity (Wildman–Crippen MR) is 65.2 cm³/mol. The molecule has 1 rings (SSSR count). The van der Waals surface area contributed by atoms with Crippen molar-refractivity contribution >= 4 is 18.0 Å². The molecule has 0 spiro atoms. The van der Waals surface area contributed by atoms with Crippen LogP contribution in [0, 0.1) is 0 Å². The topological polar surface area (TPSA) is 69.4 Å². The Bertz CT molecular complexity index is 463. The van der Waals surface area contributed by atoms with Gasteiger partial charge in [-0.15, -0.1) is 0 Å². The summed E-state index contributed by atoms with van der Waals surface area (Å²) in [6, 6.07) is 6.91. The zero-order valence-electron chi connectivity index (χ0n) is 9.90. The first-order chi connectivity index (χ1) is 8.06. The number of nitrogens with two attached hydrogens (primary N) is 1. The Balaban J connectivity index is 3.12. The van der Waals surface area contributed by atoms with Crippen LogP contribution in [0.5, 0.6) is 0 Å². The summed E-state index contributed by atoms with van der Waals surface area (Å²) < 4.78 is 4.93. The van der Waals surface area contributed by atoms with E-state index in [0.717, 1.165) is 0 Å². The molecule has 0 aromatic heterocycles. The van der Waals surface area contributed by atoms with E-state index in [4.69, 9.17) is 10.5 Å². The first-order valence-electron chi connectivity index (χ1n) is 5.30. The Hall–Kier alpha value is -2.10. The minimum absolute atomic E-state index is 0.311. The number of hydrogen-bond acceptors (Lipinski definition) is 3. The van der Waals surface area contributed by atoms with Gasteiger partial charge in [0.05, 0.1) is 12.2 Å². The second-order valence-corrected chi connectivity index (χ2v) is 3.50. The highest BCUT2D eigenvalue weighted by Gasteiger charge is 2.10. The van der Waals surface area contributed by atoms with Crippen LogP contribution in [-0.4, -0.2) is 18.5 Å². The highest BCUT2D eigenvalue weighted by Crippen LogP contribution is 2.14. The second-order valence-electron chi connectivity index (χ2n) is 3.50. The molecule has 0 fully saturated rings. The fraction of sp³-hybridized carbons (Fsp3) is 0.231. The molecule has 90 valence electrons. The number of esters is 1. The Kier molecular flexibility index (Phi) is 4.46. The molecule has 2 N–H and O–H groups in total. The van der Waals surface area contributed by atoms with Gasteiger partial charge in [0.2, 0.25) is 5.91 Å². The average Bonchev–Trinajstić information content (AvgIpc) is 2.29. The number of benzene rings is 1. The summed E-state index contributed by atoms with van der Waals surface area (Å²) >= 11 is 0. The van der Waals surface area contributed by atoms with Crippen LogP contribution in [0.1, 0.15) is 29.8 Å². The first-order valence-corrected chi connectivity index (χ1v) is 5.30. The van der Waals surface area contributed by atoms with Gasteiger partial charge in [-0.25, -0.2) is 4.79 Å². The number of hydrogen-bond donors (Lipinski definition) is 1. The van der Waals surface area contributed by atoms with E-state index in [1.54, 1.807) is 44.2 Å². The molecule has 0 unspecified atom stereocenters. The summed E-state index contributed by atoms with van der Waals surface area (Å²) in [5.74, 6) is -0.916. The van der Waals surface area contributed by atoms with Gasteiger partial charge in [0, 0.05) is 5.57 Å². The molecular formula is C13H15NO3. The Labute approximate surface area is 100 Å². The molecule has 0 saturated heterocycles. The maximum absolute atomic E-state index is 11.6. The van der Waals surface area contributed by atoms with E-state index in [1.807, 2.05) is 0 Å². The third kappa shape index (κ3) is 3.45. The number of amides is 1. The molecule has 4 nitrogen and oxygen atoms in total. The molecule has 0 heterocycles. The summed E-state index contributed by atoms with van der Waals surface area (Å²) in [4.78, 5) is 22.6. The lowest BCUT2D eigenvalue weighted by Crippen LogP contribution is -2.12. The minimum atomic E-state index is -0.510. The predicted octanol–water partition coefficient (Wildman–Crippen LogP) is 1.75. The van der Waals surface area contributed by atoms with Crippen LogP contribution in [0.15, 0.2) is 29.8 Å². The lowest BCUT2D eigenvalue weighted by molar-refractivity contribution is -0.114. The van der Waals surface area contributed by atoms with Crippen molar-refractivity contribution in [1.82, 2.24) is 0 Å². The standard InChI is InChI=1S/C13H15NO3/c1-3-17-13(16)11-7-5-4-6-10(11)8-9(2)12(14)15/h4-8H,3H2,1-2H3,(H2,14,15). The number of rotatable bonds is 4.